The number of likely N-dealkylation sites (N-methyl/N-ethyl adjacent to an activating group) is 1. The van der Waals surface area contributed by atoms with Gasteiger partial charge < -0.3 is 23.8 Å². The van der Waals surface area contributed by atoms with E-state index in [4.69, 9.17) is 18.9 Å². The molecule has 0 aromatic heterocycles. The lowest BCUT2D eigenvalue weighted by Gasteiger charge is -2.16. The third kappa shape index (κ3) is 4.91. The molecular formula is C17H23NO6. The number of benzene rings is 1. The van der Waals surface area contributed by atoms with Crippen LogP contribution in [0.25, 0.3) is 6.08 Å². The Bertz CT molecular complexity index is 599. The quantitative estimate of drug-likeness (QED) is 0.557. The number of carbonyl (C=O) groups is 2. The molecule has 0 spiro atoms. The number of hydrogen-bond donors (Lipinski definition) is 0. The second-order valence-electron chi connectivity index (χ2n) is 5.10. The third-order valence-electron chi connectivity index (χ3n) is 3.18. The predicted molar refractivity (Wildman–Crippen MR) is 89.4 cm³/mol. The Morgan fingerprint density at radius 1 is 1.04 bits per heavy atom. The zero-order valence-electron chi connectivity index (χ0n) is 14.8. The molecule has 0 radical (unpaired) electrons. The molecule has 1 amide bonds. The summed E-state index contributed by atoms with van der Waals surface area (Å²) in [5.74, 6) is 0.503. The van der Waals surface area contributed by atoms with Gasteiger partial charge in [0.05, 0.1) is 21.3 Å². The van der Waals surface area contributed by atoms with Gasteiger partial charge in [-0.2, -0.15) is 0 Å². The van der Waals surface area contributed by atoms with Gasteiger partial charge in [0.25, 0.3) is 5.91 Å². The van der Waals surface area contributed by atoms with Crippen molar-refractivity contribution in [2.45, 2.75) is 13.0 Å². The number of rotatable bonds is 7. The minimum atomic E-state index is -0.850. The molecule has 0 unspecified atom stereocenters. The maximum Gasteiger partial charge on any atom is 0.331 e. The van der Waals surface area contributed by atoms with E-state index in [-0.39, 0.29) is 5.91 Å². The molecule has 1 atom stereocenters. The van der Waals surface area contributed by atoms with Crippen LogP contribution in [-0.4, -0.2) is 58.3 Å². The summed E-state index contributed by atoms with van der Waals surface area (Å²) >= 11 is 0. The Kier molecular flexibility index (Phi) is 7.10. The summed E-state index contributed by atoms with van der Waals surface area (Å²) in [5.41, 5.74) is 0.660. The third-order valence-corrected chi connectivity index (χ3v) is 3.18. The summed E-state index contributed by atoms with van der Waals surface area (Å²) < 4.78 is 20.8. The Morgan fingerprint density at radius 3 is 2.00 bits per heavy atom. The first kappa shape index (κ1) is 19.3. The van der Waals surface area contributed by atoms with Crippen molar-refractivity contribution in [1.82, 2.24) is 4.90 Å². The Balaban J connectivity index is 2.90. The second-order valence-corrected chi connectivity index (χ2v) is 5.10. The average Bonchev–Trinajstić information content (AvgIpc) is 2.57. The van der Waals surface area contributed by atoms with Gasteiger partial charge in [0.15, 0.2) is 17.6 Å². The molecule has 0 heterocycles. The monoisotopic (exact) mass is 337 g/mol. The minimum absolute atomic E-state index is 0.287. The number of ether oxygens (including phenoxy) is 4. The Morgan fingerprint density at radius 2 is 1.58 bits per heavy atom. The van der Waals surface area contributed by atoms with E-state index < -0.39 is 12.1 Å². The normalized spacial score (nSPS) is 11.8. The molecule has 1 aromatic rings. The van der Waals surface area contributed by atoms with E-state index in [1.165, 1.54) is 39.2 Å². The standard InChI is InChI=1S/C17H23NO6/c1-11(17(20)18(2)3)24-15(19)8-7-12-9-13(21-4)16(23-6)14(10-12)22-5/h7-11H,1-6H3/b8-7+/t11-/m1/s1. The molecule has 0 aliphatic heterocycles. The van der Waals surface area contributed by atoms with Gasteiger partial charge in [-0.15, -0.1) is 0 Å². The van der Waals surface area contributed by atoms with Crippen LogP contribution in [0.1, 0.15) is 12.5 Å². The highest BCUT2D eigenvalue weighted by atomic mass is 16.5. The molecule has 0 aliphatic carbocycles. The fourth-order valence-corrected chi connectivity index (χ4v) is 1.99. The van der Waals surface area contributed by atoms with Gasteiger partial charge in [0.1, 0.15) is 0 Å². The van der Waals surface area contributed by atoms with E-state index in [1.54, 1.807) is 32.3 Å². The fourth-order valence-electron chi connectivity index (χ4n) is 1.99. The van der Waals surface area contributed by atoms with Crippen LogP contribution in [0.3, 0.4) is 0 Å². The van der Waals surface area contributed by atoms with Gasteiger partial charge in [-0.1, -0.05) is 0 Å². The number of carbonyl (C=O) groups excluding carboxylic acids is 2. The molecule has 0 saturated carbocycles. The van der Waals surface area contributed by atoms with Gasteiger partial charge >= 0.3 is 5.97 Å². The molecule has 1 aromatic carbocycles. The summed E-state index contributed by atoms with van der Waals surface area (Å²) in [4.78, 5) is 24.8. The molecule has 1 rings (SSSR count). The summed E-state index contributed by atoms with van der Waals surface area (Å²) in [7, 11) is 7.72. The zero-order chi connectivity index (χ0) is 18.3. The van der Waals surface area contributed by atoms with E-state index in [2.05, 4.69) is 0 Å². The molecule has 24 heavy (non-hydrogen) atoms. The zero-order valence-corrected chi connectivity index (χ0v) is 14.8. The number of amides is 1. The van der Waals surface area contributed by atoms with Crippen molar-refractivity contribution >= 4 is 18.0 Å². The topological polar surface area (TPSA) is 74.3 Å². The Labute approximate surface area is 141 Å². The molecule has 0 bridgehead atoms. The first-order chi connectivity index (χ1) is 11.3. The van der Waals surface area contributed by atoms with E-state index in [0.29, 0.717) is 22.8 Å². The van der Waals surface area contributed by atoms with Crippen LogP contribution >= 0.6 is 0 Å². The van der Waals surface area contributed by atoms with Crippen molar-refractivity contribution in [3.8, 4) is 17.2 Å². The van der Waals surface area contributed by atoms with E-state index in [1.807, 2.05) is 0 Å². The first-order valence-electron chi connectivity index (χ1n) is 7.23. The van der Waals surface area contributed by atoms with E-state index in [9.17, 15) is 9.59 Å². The second kappa shape index (κ2) is 8.81. The summed E-state index contributed by atoms with van der Waals surface area (Å²) in [6.07, 6.45) is 1.93. The van der Waals surface area contributed by atoms with Gasteiger partial charge in [-0.25, -0.2) is 4.79 Å². The number of esters is 1. The van der Waals surface area contributed by atoms with Crippen molar-refractivity contribution < 1.29 is 28.5 Å². The number of methoxy groups -OCH3 is 3. The van der Waals surface area contributed by atoms with Crippen LogP contribution in [0.5, 0.6) is 17.2 Å². The van der Waals surface area contributed by atoms with Crippen molar-refractivity contribution in [3.05, 3.63) is 23.8 Å². The molecule has 7 nitrogen and oxygen atoms in total. The number of nitrogens with zero attached hydrogens (tertiary/aromatic N) is 1. The van der Waals surface area contributed by atoms with Crippen LogP contribution in [0.15, 0.2) is 18.2 Å². The van der Waals surface area contributed by atoms with E-state index >= 15 is 0 Å². The van der Waals surface area contributed by atoms with Crippen molar-refractivity contribution in [3.63, 3.8) is 0 Å². The highest BCUT2D eigenvalue weighted by Gasteiger charge is 2.18. The maximum absolute atomic E-state index is 11.8. The van der Waals surface area contributed by atoms with Crippen LogP contribution in [0.2, 0.25) is 0 Å². The summed E-state index contributed by atoms with van der Waals surface area (Å²) in [5, 5.41) is 0. The minimum Gasteiger partial charge on any atom is -0.493 e. The van der Waals surface area contributed by atoms with Gasteiger partial charge in [0.2, 0.25) is 5.75 Å². The molecule has 132 valence electrons. The van der Waals surface area contributed by atoms with Crippen molar-refractivity contribution in [2.75, 3.05) is 35.4 Å². The highest BCUT2D eigenvalue weighted by molar-refractivity contribution is 5.90. The van der Waals surface area contributed by atoms with Gasteiger partial charge in [-0.3, -0.25) is 4.79 Å². The lowest BCUT2D eigenvalue weighted by atomic mass is 10.1. The van der Waals surface area contributed by atoms with Crippen molar-refractivity contribution in [1.29, 1.82) is 0 Å². The maximum atomic E-state index is 11.8. The lowest BCUT2D eigenvalue weighted by Crippen LogP contribution is -2.34. The van der Waals surface area contributed by atoms with Crippen LogP contribution < -0.4 is 14.2 Å². The predicted octanol–water partition coefficient (Wildman–Crippen LogP) is 1.75. The van der Waals surface area contributed by atoms with E-state index in [0.717, 1.165) is 0 Å². The summed E-state index contributed by atoms with van der Waals surface area (Å²) in [6, 6.07) is 3.39. The molecule has 0 aliphatic rings. The molecule has 0 saturated heterocycles. The molecular weight excluding hydrogens is 314 g/mol. The average molecular weight is 337 g/mol. The SMILES string of the molecule is COc1cc(/C=C/C(=O)O[C@H](C)C(=O)N(C)C)cc(OC)c1OC. The highest BCUT2D eigenvalue weighted by Crippen LogP contribution is 2.38. The van der Waals surface area contributed by atoms with Crippen LogP contribution in [-0.2, 0) is 14.3 Å². The van der Waals surface area contributed by atoms with Gasteiger partial charge in [-0.05, 0) is 30.7 Å². The smallest absolute Gasteiger partial charge is 0.331 e. The number of hydrogen-bond acceptors (Lipinski definition) is 6. The lowest BCUT2D eigenvalue weighted by molar-refractivity contribution is -0.153. The van der Waals surface area contributed by atoms with Crippen molar-refractivity contribution in [2.24, 2.45) is 0 Å². The summed E-state index contributed by atoms with van der Waals surface area (Å²) in [6.45, 7) is 1.52. The fraction of sp³-hybridized carbons (Fsp3) is 0.412. The largest absolute Gasteiger partial charge is 0.493 e. The Hall–Kier alpha value is -2.70. The van der Waals surface area contributed by atoms with Gasteiger partial charge in [0, 0.05) is 20.2 Å². The van der Waals surface area contributed by atoms with Crippen LogP contribution in [0.4, 0.5) is 0 Å². The molecule has 0 fully saturated rings. The molecule has 7 heteroatoms. The first-order valence-corrected chi connectivity index (χ1v) is 7.23. The van der Waals surface area contributed by atoms with Crippen LogP contribution in [0, 0.1) is 0 Å². The molecule has 0 N–H and O–H groups in total.